The molecule has 0 amide bonds. The third-order valence-corrected chi connectivity index (χ3v) is 4.37. The van der Waals surface area contributed by atoms with E-state index in [0.29, 0.717) is 5.02 Å². The summed E-state index contributed by atoms with van der Waals surface area (Å²) in [7, 11) is 0. The van der Waals surface area contributed by atoms with Gasteiger partial charge in [-0.25, -0.2) is 4.79 Å². The number of aliphatic hydroxyl groups is 2. The lowest BCUT2D eigenvalue weighted by Crippen LogP contribution is -2.48. The Morgan fingerprint density at radius 3 is 2.64 bits per heavy atom. The Morgan fingerprint density at radius 1 is 1.40 bits per heavy atom. The molecule has 0 bridgehead atoms. The number of nitrogens with zero attached hydrogens (tertiary/aromatic N) is 2. The number of aromatic nitrogens is 2. The average molecular weight is 366 g/mol. The van der Waals surface area contributed by atoms with Crippen molar-refractivity contribution >= 4 is 23.2 Å². The van der Waals surface area contributed by atoms with E-state index in [1.165, 1.54) is 36.5 Å². The number of hydrogen-bond acceptors (Lipinski definition) is 7. The summed E-state index contributed by atoms with van der Waals surface area (Å²) in [5.41, 5.74) is 3.10. The van der Waals surface area contributed by atoms with Gasteiger partial charge in [0.1, 0.15) is 11.9 Å². The Labute approximate surface area is 147 Å². The van der Waals surface area contributed by atoms with Crippen LogP contribution in [-0.4, -0.2) is 44.4 Å². The smallest absolute Gasteiger partial charge is 0.352 e. The van der Waals surface area contributed by atoms with E-state index in [4.69, 9.17) is 22.1 Å². The number of hydrogen-bond donors (Lipinski definition) is 3. The number of ketones is 1. The molecule has 8 nitrogen and oxygen atoms in total. The van der Waals surface area contributed by atoms with Crippen molar-refractivity contribution in [3.63, 3.8) is 0 Å². The number of ether oxygens (including phenoxy) is 1. The van der Waals surface area contributed by atoms with Crippen molar-refractivity contribution in [3.8, 4) is 0 Å². The standard InChI is InChI=1S/C16H16ClN3O5/c17-10-3-1-9(2-4-10)14(23)16(7-11(22)12(8-21)25-16)20-6-5-13(18)19-15(20)24/h1-6,11-12,21-22H,7-8H2,(H2,18,19,24)/t11-,12+,16-/m0/s1. The SMILES string of the molecule is Nc1ccn([C@@]2(C(=O)c3ccc(Cl)cc3)C[C@H](O)[C@@H](CO)O2)c(=O)n1. The first-order valence-electron chi connectivity index (χ1n) is 7.50. The molecular weight excluding hydrogens is 350 g/mol. The van der Waals surface area contributed by atoms with Gasteiger partial charge in [0, 0.05) is 23.2 Å². The molecule has 1 fully saturated rings. The van der Waals surface area contributed by atoms with E-state index in [1.54, 1.807) is 0 Å². The number of benzene rings is 1. The summed E-state index contributed by atoms with van der Waals surface area (Å²) in [5, 5.41) is 20.0. The van der Waals surface area contributed by atoms with Crippen molar-refractivity contribution in [2.75, 3.05) is 12.3 Å². The molecule has 132 valence electrons. The summed E-state index contributed by atoms with van der Waals surface area (Å²) in [6, 6.07) is 7.39. The number of anilines is 1. The summed E-state index contributed by atoms with van der Waals surface area (Å²) < 4.78 is 6.65. The number of carbonyl (C=O) groups excluding carboxylic acids is 1. The summed E-state index contributed by atoms with van der Waals surface area (Å²) >= 11 is 5.84. The summed E-state index contributed by atoms with van der Waals surface area (Å²) in [6.07, 6.45) is -1.08. The van der Waals surface area contributed by atoms with Crippen LogP contribution in [0.1, 0.15) is 16.8 Å². The minimum Gasteiger partial charge on any atom is -0.394 e. The normalized spacial score (nSPS) is 25.9. The van der Waals surface area contributed by atoms with Gasteiger partial charge in [-0.2, -0.15) is 4.98 Å². The maximum absolute atomic E-state index is 13.1. The van der Waals surface area contributed by atoms with Gasteiger partial charge < -0.3 is 20.7 Å². The van der Waals surface area contributed by atoms with Gasteiger partial charge in [0.05, 0.1) is 12.7 Å². The van der Waals surface area contributed by atoms with Crippen molar-refractivity contribution < 1.29 is 19.7 Å². The van der Waals surface area contributed by atoms with E-state index < -0.39 is 36.0 Å². The molecule has 0 radical (unpaired) electrons. The molecule has 1 aliphatic heterocycles. The van der Waals surface area contributed by atoms with Crippen molar-refractivity contribution in [3.05, 3.63) is 57.6 Å². The maximum Gasteiger partial charge on any atom is 0.352 e. The molecule has 3 rings (SSSR count). The predicted octanol–water partition coefficient (Wildman–Crippen LogP) is 0.157. The molecule has 4 N–H and O–H groups in total. The summed E-state index contributed by atoms with van der Waals surface area (Å²) in [5.74, 6) is -0.569. The fourth-order valence-electron chi connectivity index (χ4n) is 2.88. The van der Waals surface area contributed by atoms with Crippen molar-refractivity contribution in [2.45, 2.75) is 24.4 Å². The van der Waals surface area contributed by atoms with Gasteiger partial charge in [-0.05, 0) is 30.3 Å². The third kappa shape index (κ3) is 3.05. The minimum absolute atomic E-state index is 0.00686. The van der Waals surface area contributed by atoms with E-state index >= 15 is 0 Å². The van der Waals surface area contributed by atoms with Gasteiger partial charge in [-0.3, -0.25) is 9.36 Å². The van der Waals surface area contributed by atoms with E-state index in [-0.39, 0.29) is 17.8 Å². The fourth-order valence-corrected chi connectivity index (χ4v) is 3.01. The first-order valence-corrected chi connectivity index (χ1v) is 7.88. The monoisotopic (exact) mass is 365 g/mol. The highest BCUT2D eigenvalue weighted by Gasteiger charge is 2.53. The van der Waals surface area contributed by atoms with E-state index in [2.05, 4.69) is 4.98 Å². The lowest BCUT2D eigenvalue weighted by atomic mass is 9.96. The second-order valence-electron chi connectivity index (χ2n) is 5.74. The molecule has 0 saturated carbocycles. The Hall–Kier alpha value is -2.26. The predicted molar refractivity (Wildman–Crippen MR) is 89.2 cm³/mol. The number of aliphatic hydroxyl groups excluding tert-OH is 2. The van der Waals surface area contributed by atoms with Crippen LogP contribution < -0.4 is 11.4 Å². The number of rotatable bonds is 4. The van der Waals surface area contributed by atoms with Crippen molar-refractivity contribution in [2.24, 2.45) is 0 Å². The highest BCUT2D eigenvalue weighted by Crippen LogP contribution is 2.37. The Morgan fingerprint density at radius 2 is 2.08 bits per heavy atom. The number of nitrogen functional groups attached to an aromatic ring is 1. The second-order valence-corrected chi connectivity index (χ2v) is 6.17. The quantitative estimate of drug-likeness (QED) is 0.658. The summed E-state index contributed by atoms with van der Waals surface area (Å²) in [6.45, 7) is -0.506. The molecule has 1 saturated heterocycles. The van der Waals surface area contributed by atoms with Crippen LogP contribution in [0.3, 0.4) is 0 Å². The number of Topliss-reactive ketones (excluding diaryl/α,β-unsaturated/α-hetero) is 1. The molecule has 1 aromatic carbocycles. The average Bonchev–Trinajstić information content (AvgIpc) is 2.92. The minimum atomic E-state index is -1.83. The van der Waals surface area contributed by atoms with Crippen LogP contribution in [0.2, 0.25) is 5.02 Å². The van der Waals surface area contributed by atoms with Crippen LogP contribution in [0.25, 0.3) is 0 Å². The van der Waals surface area contributed by atoms with Crippen LogP contribution in [0, 0.1) is 0 Å². The topological polar surface area (TPSA) is 128 Å². The van der Waals surface area contributed by atoms with E-state index in [0.717, 1.165) is 4.57 Å². The van der Waals surface area contributed by atoms with Crippen LogP contribution in [0.15, 0.2) is 41.3 Å². The Balaban J connectivity index is 2.14. The second kappa shape index (κ2) is 6.57. The van der Waals surface area contributed by atoms with Gasteiger partial charge >= 0.3 is 5.69 Å². The molecular formula is C16H16ClN3O5. The number of carbonyl (C=O) groups is 1. The van der Waals surface area contributed by atoms with Crippen LogP contribution in [-0.2, 0) is 10.5 Å². The number of halogens is 1. The first kappa shape index (κ1) is 17.6. The Bertz CT molecular complexity index is 854. The molecule has 2 heterocycles. The van der Waals surface area contributed by atoms with Crippen molar-refractivity contribution in [1.82, 2.24) is 9.55 Å². The van der Waals surface area contributed by atoms with E-state index in [9.17, 15) is 19.8 Å². The zero-order valence-electron chi connectivity index (χ0n) is 13.0. The lowest BCUT2D eigenvalue weighted by molar-refractivity contribution is -0.0935. The third-order valence-electron chi connectivity index (χ3n) is 4.12. The molecule has 3 atom stereocenters. The highest BCUT2D eigenvalue weighted by atomic mass is 35.5. The van der Waals surface area contributed by atoms with Gasteiger partial charge in [0.25, 0.3) is 0 Å². The molecule has 0 aliphatic carbocycles. The first-order chi connectivity index (χ1) is 11.9. The van der Waals surface area contributed by atoms with Crippen LogP contribution >= 0.6 is 11.6 Å². The largest absolute Gasteiger partial charge is 0.394 e. The molecule has 25 heavy (non-hydrogen) atoms. The van der Waals surface area contributed by atoms with Crippen molar-refractivity contribution in [1.29, 1.82) is 0 Å². The van der Waals surface area contributed by atoms with Crippen LogP contribution in [0.4, 0.5) is 5.82 Å². The van der Waals surface area contributed by atoms with E-state index in [1.807, 2.05) is 0 Å². The molecule has 1 aromatic heterocycles. The maximum atomic E-state index is 13.1. The molecule has 9 heteroatoms. The molecule has 0 unspecified atom stereocenters. The zero-order chi connectivity index (χ0) is 18.2. The highest BCUT2D eigenvalue weighted by molar-refractivity contribution is 6.30. The van der Waals surface area contributed by atoms with Gasteiger partial charge in [0.15, 0.2) is 0 Å². The van der Waals surface area contributed by atoms with Gasteiger partial charge in [-0.1, -0.05) is 11.6 Å². The Kier molecular flexibility index (Phi) is 4.61. The fraction of sp³-hybridized carbons (Fsp3) is 0.312. The van der Waals surface area contributed by atoms with Gasteiger partial charge in [0.2, 0.25) is 11.5 Å². The molecule has 2 aromatic rings. The van der Waals surface area contributed by atoms with Crippen LogP contribution in [0.5, 0.6) is 0 Å². The summed E-state index contributed by atoms with van der Waals surface area (Å²) in [4.78, 5) is 29.1. The van der Waals surface area contributed by atoms with Gasteiger partial charge in [-0.15, -0.1) is 0 Å². The lowest BCUT2D eigenvalue weighted by Gasteiger charge is -2.29. The zero-order valence-corrected chi connectivity index (χ0v) is 13.8. The number of nitrogens with two attached hydrogens (primary N) is 1. The molecule has 1 aliphatic rings. The molecule has 0 spiro atoms.